The van der Waals surface area contributed by atoms with Crippen molar-refractivity contribution in [3.63, 3.8) is 0 Å². The van der Waals surface area contributed by atoms with E-state index in [-0.39, 0.29) is 49.0 Å². The average molecular weight is 1530 g/mol. The van der Waals surface area contributed by atoms with E-state index in [1.807, 2.05) is 64.6 Å². The molecule has 2 heterocycles. The Labute approximate surface area is 579 Å². The summed E-state index contributed by atoms with van der Waals surface area (Å²) in [7, 11) is 1.69. The third-order valence-corrected chi connectivity index (χ3v) is 17.2. The number of alkyl halides is 1. The first-order chi connectivity index (χ1) is 39.0. The summed E-state index contributed by atoms with van der Waals surface area (Å²) in [5.74, 6) is 2.28. The highest BCUT2D eigenvalue weighted by molar-refractivity contribution is 9.50. The lowest BCUT2D eigenvalue weighted by molar-refractivity contribution is -0.133. The van der Waals surface area contributed by atoms with Gasteiger partial charge in [-0.05, 0) is 149 Å². The number of aromatic nitrogens is 6. The van der Waals surface area contributed by atoms with Gasteiger partial charge in [-0.2, -0.15) is 38.8 Å². The Hall–Kier alpha value is -2.83. The molecular weight excluding hydrogens is 1430 g/mol. The molecule has 0 saturated heterocycles. The van der Waals surface area contributed by atoms with Gasteiger partial charge in [-0.25, -0.2) is 0 Å². The number of thioether (sulfide) groups is 3. The van der Waals surface area contributed by atoms with Crippen LogP contribution in [0.5, 0.6) is 0 Å². The molecule has 474 valence electrons. The monoisotopic (exact) mass is 1530 g/mol. The van der Waals surface area contributed by atoms with Crippen LogP contribution in [0.2, 0.25) is 0 Å². The topological polar surface area (TPSA) is 98.7 Å². The Balaban J connectivity index is -0.000000323. The smallest absolute Gasteiger partial charge is 0.313 e. The molecule has 2 aliphatic carbocycles. The number of rotatable bonds is 11. The molecule has 8 nitrogen and oxygen atoms in total. The zero-order valence-corrected chi connectivity index (χ0v) is 62.5. The second-order valence-electron chi connectivity index (χ2n) is 19.2. The van der Waals surface area contributed by atoms with Crippen molar-refractivity contribution in [1.29, 1.82) is 0 Å². The molecule has 0 aliphatic heterocycles. The van der Waals surface area contributed by atoms with Crippen LogP contribution in [-0.2, 0) is 4.79 Å². The maximum Gasteiger partial charge on any atom is 0.313 e. The van der Waals surface area contributed by atoms with Gasteiger partial charge in [-0.1, -0.05) is 279 Å². The Kier molecular flexibility index (Phi) is 54.2. The minimum Gasteiger partial charge on any atom is -0.481 e. The maximum atomic E-state index is 10.9. The molecule has 6 aromatic carbocycles. The second-order valence-corrected chi connectivity index (χ2v) is 26.7. The zero-order valence-electron chi connectivity index (χ0n) is 50.9. The number of aliphatic carboxylic acids is 1. The minimum absolute atomic E-state index is 0. The minimum atomic E-state index is -0.875. The molecule has 0 spiro atoms. The van der Waals surface area contributed by atoms with Crippen molar-refractivity contribution in [3.8, 4) is 24.2 Å². The summed E-state index contributed by atoms with van der Waals surface area (Å²) in [5, 5.41) is 34.1. The van der Waals surface area contributed by atoms with Crippen molar-refractivity contribution < 1.29 is 11.3 Å². The normalized spacial score (nSPS) is 11.1. The predicted molar refractivity (Wildman–Crippen MR) is 412 cm³/mol. The number of halogens is 4. The van der Waals surface area contributed by atoms with E-state index in [1.165, 1.54) is 76.9 Å². The van der Waals surface area contributed by atoms with Crippen molar-refractivity contribution in [2.45, 2.75) is 174 Å². The predicted octanol–water partition coefficient (Wildman–Crippen LogP) is 23.8. The van der Waals surface area contributed by atoms with Gasteiger partial charge < -0.3 is 5.11 Å². The van der Waals surface area contributed by atoms with Crippen molar-refractivity contribution >= 4 is 163 Å². The van der Waals surface area contributed by atoms with E-state index in [2.05, 4.69) is 281 Å². The molecule has 2 aliphatic rings. The quantitative estimate of drug-likeness (QED) is 0.0766. The van der Waals surface area contributed by atoms with Gasteiger partial charge >= 0.3 is 5.97 Å². The van der Waals surface area contributed by atoms with Crippen molar-refractivity contribution in [2.24, 2.45) is 0 Å². The fourth-order valence-corrected chi connectivity index (χ4v) is 9.57. The van der Waals surface area contributed by atoms with Crippen LogP contribution in [0.4, 0.5) is 0 Å². The highest BCUT2D eigenvalue weighted by Gasteiger charge is 2.28. The van der Waals surface area contributed by atoms with Crippen LogP contribution in [0.3, 0.4) is 0 Å². The lowest BCUT2D eigenvalue weighted by Gasteiger charge is -2.14. The summed E-state index contributed by atoms with van der Waals surface area (Å²) < 4.78 is 5.31. The molecule has 0 radical (unpaired) electrons. The third kappa shape index (κ3) is 34.1. The summed E-state index contributed by atoms with van der Waals surface area (Å²) >= 11 is 17.9. The SMILES string of the molecule is C.C.C#C.CBr.CC(C)SBr.CC(C)Sc1nnc(Br)n1-c1ccc(C2CC2)c2ccccc12.CCC.CCC.CSC(C)C.Cc1ccccc1.Cc1ccccc1.O=C(O)CSc1nnc(Br)n1-c1ccc(C2CC2)c2ccccc12.S.S.[HH]. The number of hydrogen-bond donors (Lipinski definition) is 1. The zero-order chi connectivity index (χ0) is 60.9. The Bertz CT molecular complexity index is 2930. The molecule has 0 unspecified atom stereocenters. The van der Waals surface area contributed by atoms with Gasteiger partial charge in [0, 0.05) is 22.7 Å². The number of benzene rings is 6. The Morgan fingerprint density at radius 2 is 0.871 bits per heavy atom. The average Bonchev–Trinajstić information content (AvgIpc) is 2.81. The van der Waals surface area contributed by atoms with Crippen LogP contribution >= 0.6 is 135 Å². The molecule has 8 aromatic rings. The fourth-order valence-electron chi connectivity index (χ4n) is 6.99. The van der Waals surface area contributed by atoms with Gasteiger partial charge in [0.15, 0.2) is 10.3 Å². The molecule has 2 aromatic heterocycles. The number of carboxylic acids is 1. The van der Waals surface area contributed by atoms with E-state index in [0.717, 1.165) is 54.8 Å². The van der Waals surface area contributed by atoms with Crippen molar-refractivity contribution in [2.75, 3.05) is 17.8 Å². The van der Waals surface area contributed by atoms with Crippen LogP contribution in [0.15, 0.2) is 153 Å². The summed E-state index contributed by atoms with van der Waals surface area (Å²) in [5.41, 5.74) is 7.61. The van der Waals surface area contributed by atoms with E-state index in [4.69, 9.17) is 5.11 Å². The first-order valence-corrected chi connectivity index (χ1v) is 36.3. The number of carboxylic acid groups (broad SMARTS) is 1. The third-order valence-electron chi connectivity index (χ3n) is 10.8. The van der Waals surface area contributed by atoms with E-state index in [1.54, 1.807) is 22.0 Å². The lowest BCUT2D eigenvalue weighted by Crippen LogP contribution is -2.03. The molecule has 0 bridgehead atoms. The molecule has 10 rings (SSSR count). The molecule has 2 fully saturated rings. The first-order valence-electron chi connectivity index (χ1n) is 27.3. The summed E-state index contributed by atoms with van der Waals surface area (Å²) in [4.78, 5) is 10.9. The van der Waals surface area contributed by atoms with Gasteiger partial charge in [0.05, 0.1) is 17.1 Å². The number of hydrogen-bond acceptors (Lipinski definition) is 9. The van der Waals surface area contributed by atoms with Crippen LogP contribution in [-0.4, -0.2) is 74.2 Å². The standard InChI is InChI=1S/C18H18BrN3S.C17H14BrN3O2S.2C7H8.C4H10S.C3H7BrS.2C3H8.C2H2.CH3Br.2CH4.2H2S.H2/c1-11(2)23-18-21-20-17(19)22(18)16-10-9-13(12-7-8-12)14-5-3-4-6-15(14)16;18-16-19-20-17(24-9-15(22)23)21(16)14-8-7-11(10-5-6-10)12-3-1-2-4-13(12)14;2*1-7-5-3-2-4-6-7;1-4(2)5-3;1-3(2)5-4;2*1-3-2;2*1-2;;;;;/h3-6,9-12H,7-8H2,1-2H3;1-4,7-8,10H,5-6,9H2,(H,22,23);2*2-6H,1H3;4H,1-3H3;3H,1-2H3;2*3H2,1-2H3;1-2H;1H3;2*1H4;2*1H2;1H. The Morgan fingerprint density at radius 3 is 1.14 bits per heavy atom. The van der Waals surface area contributed by atoms with Gasteiger partial charge in [-0.15, -0.1) is 33.2 Å². The highest BCUT2D eigenvalue weighted by Crippen LogP contribution is 2.46. The van der Waals surface area contributed by atoms with Gasteiger partial charge in [0.1, 0.15) is 0 Å². The van der Waals surface area contributed by atoms with Gasteiger partial charge in [0.25, 0.3) is 0 Å². The highest BCUT2D eigenvalue weighted by atomic mass is 79.9. The number of fused-ring (bicyclic) bond motifs is 2. The van der Waals surface area contributed by atoms with Crippen molar-refractivity contribution in [1.82, 2.24) is 29.5 Å². The number of nitrogens with zero attached hydrogens (tertiary/aromatic N) is 6. The van der Waals surface area contributed by atoms with Crippen LogP contribution in [0.1, 0.15) is 158 Å². The van der Waals surface area contributed by atoms with Gasteiger partial charge in [0.2, 0.25) is 9.47 Å². The molecule has 18 heteroatoms. The summed E-state index contributed by atoms with van der Waals surface area (Å²) in [6.07, 6.45) is 17.7. The maximum absolute atomic E-state index is 10.9. The van der Waals surface area contributed by atoms with Crippen LogP contribution in [0.25, 0.3) is 32.9 Å². The number of terminal acetylenes is 1. The van der Waals surface area contributed by atoms with E-state index in [0.29, 0.717) is 21.1 Å². The van der Waals surface area contributed by atoms with Crippen LogP contribution in [0, 0.1) is 26.7 Å². The van der Waals surface area contributed by atoms with E-state index >= 15 is 0 Å². The molecule has 85 heavy (non-hydrogen) atoms. The fraction of sp³-hybridized carbons (Fsp3) is 0.418. The first kappa shape index (κ1) is 88.6. The van der Waals surface area contributed by atoms with Gasteiger partial charge in [-0.3, -0.25) is 13.9 Å². The van der Waals surface area contributed by atoms with E-state index < -0.39 is 5.97 Å². The molecule has 2 saturated carbocycles. The van der Waals surface area contributed by atoms with Crippen LogP contribution < -0.4 is 0 Å². The largest absolute Gasteiger partial charge is 0.481 e. The molecular formula is C67H100Br4N6O2S6. The molecule has 0 atom stereocenters. The number of aryl methyl sites for hydroxylation is 2. The molecule has 0 amide bonds. The van der Waals surface area contributed by atoms with Crippen molar-refractivity contribution in [3.05, 3.63) is 165 Å². The lowest BCUT2D eigenvalue weighted by atomic mass is 9.99. The van der Waals surface area contributed by atoms with E-state index in [9.17, 15) is 4.79 Å². The Morgan fingerprint density at radius 1 is 0.565 bits per heavy atom. The summed E-state index contributed by atoms with van der Waals surface area (Å²) in [6, 6.07) is 46.3. The molecule has 1 N–H and O–H groups in total. The summed E-state index contributed by atoms with van der Waals surface area (Å²) in [6.45, 7) is 25.7. The second kappa shape index (κ2) is 52.0. The number of carbonyl (C=O) groups is 1.